The summed E-state index contributed by atoms with van der Waals surface area (Å²) in [5.74, 6) is 1.09. The van der Waals surface area contributed by atoms with Gasteiger partial charge >= 0.3 is 0 Å². The molecule has 0 saturated heterocycles. The van der Waals surface area contributed by atoms with Gasteiger partial charge in [-0.2, -0.15) is 0 Å². The van der Waals surface area contributed by atoms with E-state index in [0.29, 0.717) is 5.92 Å². The van der Waals surface area contributed by atoms with E-state index in [9.17, 15) is 0 Å². The normalized spacial score (nSPS) is 13.8. The van der Waals surface area contributed by atoms with Crippen LogP contribution in [0.2, 0.25) is 0 Å². The van der Waals surface area contributed by atoms with Crippen LogP contribution >= 0.6 is 11.3 Å². The highest BCUT2D eigenvalue weighted by atomic mass is 32.1. The first-order valence-corrected chi connectivity index (χ1v) is 23.9. The lowest BCUT2D eigenvalue weighted by Crippen LogP contribution is -2.05. The lowest BCUT2D eigenvalue weighted by Gasteiger charge is -2.19. The highest BCUT2D eigenvalue weighted by molar-refractivity contribution is 7.26. The summed E-state index contributed by atoms with van der Waals surface area (Å²) in [6.45, 7) is 0. The summed E-state index contributed by atoms with van der Waals surface area (Å²) in [5.41, 5.74) is 14.5. The summed E-state index contributed by atoms with van der Waals surface area (Å²) in [6, 6.07) is 75.9. The molecule has 10 aromatic carbocycles. The van der Waals surface area contributed by atoms with Crippen LogP contribution in [0.1, 0.15) is 29.0 Å². The van der Waals surface area contributed by atoms with Crippen molar-refractivity contribution < 1.29 is 0 Å². The fraction of sp³-hybridized carbons (Fsp3) is 0.0645. The van der Waals surface area contributed by atoms with Crippen LogP contribution in [0.3, 0.4) is 0 Å². The summed E-state index contributed by atoms with van der Waals surface area (Å²) in [4.78, 5) is 11.0. The average Bonchev–Trinajstić information content (AvgIpc) is 3.87. The molecule has 0 saturated carbocycles. The molecule has 3 aromatic heterocycles. The molecule has 3 nitrogen and oxygen atoms in total. The van der Waals surface area contributed by atoms with Crippen LogP contribution in [-0.2, 0) is 12.8 Å². The standard InChI is InChI=1S/C62H41N3S/c1-2-15-42(16-3-1)65-57-24-12-9-20-50(57)51-31-28-41(37-58(51)65)60-53-22-8-11-23-56(53)63-62(64-60)55-36-38(35-54-52-21-10-13-25-59(52)66-61(54)55)34-40-27-30-48-47-29-26-39-14-4-5-17-43(39)46(47)32-33-49(48)45-19-7-6-18-44(40)45/h1-26,28-29,31-33,35-37,40H,27,30,34H2. The van der Waals surface area contributed by atoms with Gasteiger partial charge in [-0.1, -0.05) is 158 Å². The first kappa shape index (κ1) is 37.5. The van der Waals surface area contributed by atoms with Crippen LogP contribution < -0.4 is 0 Å². The predicted molar refractivity (Wildman–Crippen MR) is 279 cm³/mol. The van der Waals surface area contributed by atoms with E-state index in [1.165, 1.54) is 85.8 Å². The molecule has 1 atom stereocenters. The first-order valence-electron chi connectivity index (χ1n) is 23.0. The van der Waals surface area contributed by atoms with Crippen LogP contribution in [-0.4, -0.2) is 14.5 Å². The molecule has 310 valence electrons. The zero-order valence-electron chi connectivity index (χ0n) is 36.1. The molecule has 0 spiro atoms. The van der Waals surface area contributed by atoms with Crippen LogP contribution in [0.5, 0.6) is 0 Å². The average molecular weight is 860 g/mol. The van der Waals surface area contributed by atoms with E-state index in [4.69, 9.17) is 9.97 Å². The minimum atomic E-state index is 0.329. The number of rotatable bonds is 5. The third-order valence-electron chi connectivity index (χ3n) is 14.3. The van der Waals surface area contributed by atoms with Gasteiger partial charge in [-0.25, -0.2) is 9.97 Å². The Bertz CT molecular complexity index is 4100. The SMILES string of the molecule is c1ccc(-n2c3ccccc3c3ccc(-c4nc(-c5cc(CC6CCc7c(ccc8c7ccc7ccccc78)-c7ccccc76)cc6c5sc5ccccc56)nc5ccccc45)cc32)cc1. The van der Waals surface area contributed by atoms with Gasteiger partial charge in [-0.15, -0.1) is 11.3 Å². The summed E-state index contributed by atoms with van der Waals surface area (Å²) >= 11 is 1.85. The molecule has 0 aliphatic heterocycles. The molecule has 14 rings (SSSR count). The smallest absolute Gasteiger partial charge is 0.161 e. The Labute approximate surface area is 385 Å². The molecule has 0 amide bonds. The molecule has 1 aliphatic rings. The molecule has 1 unspecified atom stereocenters. The number of fused-ring (bicyclic) bond motifs is 14. The second-order valence-electron chi connectivity index (χ2n) is 18.0. The maximum atomic E-state index is 5.63. The van der Waals surface area contributed by atoms with E-state index in [1.807, 2.05) is 11.3 Å². The van der Waals surface area contributed by atoms with Crippen LogP contribution in [0.4, 0.5) is 0 Å². The van der Waals surface area contributed by atoms with Crippen molar-refractivity contribution in [2.24, 2.45) is 0 Å². The Morgan fingerprint density at radius 3 is 2.14 bits per heavy atom. The predicted octanol–water partition coefficient (Wildman–Crippen LogP) is 16.7. The van der Waals surface area contributed by atoms with Crippen LogP contribution in [0, 0.1) is 0 Å². The number of hydrogen-bond acceptors (Lipinski definition) is 3. The minimum absolute atomic E-state index is 0.329. The molecular formula is C62H41N3S. The van der Waals surface area contributed by atoms with E-state index in [2.05, 4.69) is 211 Å². The van der Waals surface area contributed by atoms with Gasteiger partial charge < -0.3 is 4.57 Å². The van der Waals surface area contributed by atoms with E-state index < -0.39 is 0 Å². The summed E-state index contributed by atoms with van der Waals surface area (Å²) in [6.07, 6.45) is 3.00. The quantitative estimate of drug-likeness (QED) is 0.161. The van der Waals surface area contributed by atoms with Crippen molar-refractivity contribution in [2.75, 3.05) is 0 Å². The van der Waals surface area contributed by atoms with Gasteiger partial charge in [0, 0.05) is 53.1 Å². The Morgan fingerprint density at radius 1 is 0.485 bits per heavy atom. The fourth-order valence-electron chi connectivity index (χ4n) is 11.3. The van der Waals surface area contributed by atoms with E-state index in [0.717, 1.165) is 64.0 Å². The molecule has 13 aromatic rings. The summed E-state index contributed by atoms with van der Waals surface area (Å²) < 4.78 is 4.89. The number of aryl methyl sites for hydroxylation is 1. The molecule has 1 aliphatic carbocycles. The van der Waals surface area contributed by atoms with Crippen molar-refractivity contribution in [3.8, 4) is 39.5 Å². The van der Waals surface area contributed by atoms with Crippen molar-refractivity contribution in [1.82, 2.24) is 14.5 Å². The molecule has 66 heavy (non-hydrogen) atoms. The van der Waals surface area contributed by atoms with Crippen LogP contribution in [0.25, 0.3) is 114 Å². The number of hydrogen-bond donors (Lipinski definition) is 0. The molecular weight excluding hydrogens is 819 g/mol. The van der Waals surface area contributed by atoms with Crippen molar-refractivity contribution in [3.05, 3.63) is 223 Å². The van der Waals surface area contributed by atoms with Crippen molar-refractivity contribution >= 4 is 85.8 Å². The molecule has 0 fully saturated rings. The Kier molecular flexibility index (Phi) is 8.41. The molecule has 3 heterocycles. The monoisotopic (exact) mass is 859 g/mol. The van der Waals surface area contributed by atoms with Gasteiger partial charge in [0.05, 0.1) is 22.2 Å². The maximum Gasteiger partial charge on any atom is 0.161 e. The Balaban J connectivity index is 0.934. The highest BCUT2D eigenvalue weighted by Crippen LogP contribution is 2.46. The molecule has 0 radical (unpaired) electrons. The largest absolute Gasteiger partial charge is 0.309 e. The van der Waals surface area contributed by atoms with Gasteiger partial charge in [0.2, 0.25) is 0 Å². The highest BCUT2D eigenvalue weighted by Gasteiger charge is 2.26. The van der Waals surface area contributed by atoms with Gasteiger partial charge in [0.15, 0.2) is 5.82 Å². The zero-order chi connectivity index (χ0) is 43.3. The van der Waals surface area contributed by atoms with E-state index in [1.54, 1.807) is 0 Å². The number of benzene rings is 10. The lowest BCUT2D eigenvalue weighted by molar-refractivity contribution is 0.630. The number of para-hydroxylation sites is 3. The molecule has 0 N–H and O–H groups in total. The Morgan fingerprint density at radius 2 is 1.21 bits per heavy atom. The Hall–Kier alpha value is -7.92. The van der Waals surface area contributed by atoms with Crippen molar-refractivity contribution in [1.29, 1.82) is 0 Å². The van der Waals surface area contributed by atoms with Gasteiger partial charge in [-0.05, 0) is 123 Å². The number of thiophene rings is 1. The second kappa shape index (κ2) is 14.8. The first-order chi connectivity index (χ1) is 32.7. The summed E-state index contributed by atoms with van der Waals surface area (Å²) in [7, 11) is 0. The molecule has 0 bridgehead atoms. The van der Waals surface area contributed by atoms with Gasteiger partial charge in [0.25, 0.3) is 0 Å². The zero-order valence-corrected chi connectivity index (χ0v) is 36.9. The third-order valence-corrected chi connectivity index (χ3v) is 15.5. The van der Waals surface area contributed by atoms with E-state index >= 15 is 0 Å². The molecule has 4 heteroatoms. The van der Waals surface area contributed by atoms with Gasteiger partial charge in [-0.3, -0.25) is 0 Å². The fourth-order valence-corrected chi connectivity index (χ4v) is 12.5. The number of nitrogens with zero attached hydrogens (tertiary/aromatic N) is 3. The van der Waals surface area contributed by atoms with Crippen LogP contribution in [0.15, 0.2) is 206 Å². The van der Waals surface area contributed by atoms with Gasteiger partial charge in [0.1, 0.15) is 0 Å². The maximum absolute atomic E-state index is 5.63. The second-order valence-corrected chi connectivity index (χ2v) is 19.0. The van der Waals surface area contributed by atoms with Crippen molar-refractivity contribution in [2.45, 2.75) is 25.2 Å². The van der Waals surface area contributed by atoms with E-state index in [-0.39, 0.29) is 0 Å². The minimum Gasteiger partial charge on any atom is -0.309 e. The lowest BCUT2D eigenvalue weighted by atomic mass is 9.86. The summed E-state index contributed by atoms with van der Waals surface area (Å²) in [5, 5.41) is 11.4. The number of aromatic nitrogens is 3. The topological polar surface area (TPSA) is 30.7 Å². The van der Waals surface area contributed by atoms with Crippen molar-refractivity contribution in [3.63, 3.8) is 0 Å². The third kappa shape index (κ3) is 5.81.